The van der Waals surface area contributed by atoms with Crippen LogP contribution in [0.4, 0.5) is 13.2 Å². The van der Waals surface area contributed by atoms with Gasteiger partial charge in [-0.1, -0.05) is 41.1 Å². The normalized spacial score (nSPS) is 13.6. The summed E-state index contributed by atoms with van der Waals surface area (Å²) in [7, 11) is 0. The fourth-order valence-electron chi connectivity index (χ4n) is 1.19. The molecule has 0 N–H and O–H groups in total. The maximum Gasteiger partial charge on any atom is 0.404 e. The van der Waals surface area contributed by atoms with Gasteiger partial charge in [-0.15, -0.1) is 0 Å². The minimum atomic E-state index is -4.28. The van der Waals surface area contributed by atoms with E-state index in [1.54, 1.807) is 12.1 Å². The van der Waals surface area contributed by atoms with E-state index in [2.05, 4.69) is 15.9 Å². The zero-order chi connectivity index (χ0) is 12.2. The number of para-hydroxylation sites is 1. The van der Waals surface area contributed by atoms with Gasteiger partial charge in [0.1, 0.15) is 17.2 Å². The molecule has 1 nitrogen and oxygen atoms in total. The smallest absolute Gasteiger partial charge is 0.404 e. The van der Waals surface area contributed by atoms with Gasteiger partial charge in [0.15, 0.2) is 0 Å². The predicted molar refractivity (Wildman–Crippen MR) is 60.1 cm³/mol. The van der Waals surface area contributed by atoms with E-state index in [0.29, 0.717) is 5.75 Å². The molecule has 90 valence electrons. The second-order valence-corrected chi connectivity index (χ2v) is 4.39. The van der Waals surface area contributed by atoms with Crippen molar-refractivity contribution in [1.82, 2.24) is 0 Å². The molecule has 1 aromatic rings. The van der Waals surface area contributed by atoms with E-state index in [1.165, 1.54) is 0 Å². The van der Waals surface area contributed by atoms with Crippen LogP contribution < -0.4 is 4.74 Å². The minimum absolute atomic E-state index is 0.416. The highest BCUT2D eigenvalue weighted by molar-refractivity contribution is 9.09. The average molecular weight is 297 g/mol. The lowest BCUT2D eigenvalue weighted by molar-refractivity contribution is -0.132. The van der Waals surface area contributed by atoms with E-state index in [0.717, 1.165) is 12.0 Å². The molecule has 16 heavy (non-hydrogen) atoms. The summed E-state index contributed by atoms with van der Waals surface area (Å²) < 4.78 is 41.8. The molecule has 5 heteroatoms. The van der Waals surface area contributed by atoms with Gasteiger partial charge in [-0.25, -0.2) is 0 Å². The van der Waals surface area contributed by atoms with Crippen molar-refractivity contribution in [2.24, 2.45) is 0 Å². The molecule has 0 bridgehead atoms. The van der Waals surface area contributed by atoms with Gasteiger partial charge in [0, 0.05) is 0 Å². The predicted octanol–water partition coefficient (Wildman–Crippen LogP) is 3.95. The van der Waals surface area contributed by atoms with Crippen LogP contribution in [0, 0.1) is 0 Å². The minimum Gasteiger partial charge on any atom is -0.492 e. The molecule has 0 heterocycles. The first-order chi connectivity index (χ1) is 7.45. The molecule has 1 aromatic carbocycles. The first kappa shape index (κ1) is 13.4. The molecule has 0 saturated heterocycles. The van der Waals surface area contributed by atoms with E-state index < -0.39 is 17.6 Å². The molecule has 0 amide bonds. The Bertz CT molecular complexity index is 338. The van der Waals surface area contributed by atoms with Gasteiger partial charge >= 0.3 is 6.18 Å². The Kier molecular flexibility index (Phi) is 4.65. The number of ether oxygens (including phenoxy) is 1. The zero-order valence-electron chi connectivity index (χ0n) is 8.72. The Labute approximate surface area is 101 Å². The zero-order valence-corrected chi connectivity index (χ0v) is 10.3. The van der Waals surface area contributed by atoms with Crippen LogP contribution in [0.3, 0.4) is 0 Å². The summed E-state index contributed by atoms with van der Waals surface area (Å²) in [5, 5.41) is 0. The van der Waals surface area contributed by atoms with Gasteiger partial charge in [-0.3, -0.25) is 0 Å². The first-order valence-electron chi connectivity index (χ1n) is 4.86. The topological polar surface area (TPSA) is 9.23 Å². The van der Waals surface area contributed by atoms with Crippen molar-refractivity contribution in [3.8, 4) is 5.75 Å². The fourth-order valence-corrected chi connectivity index (χ4v) is 1.33. The van der Waals surface area contributed by atoms with Gasteiger partial charge in [-0.05, 0) is 18.1 Å². The Balaban J connectivity index is 2.61. The molecule has 1 rings (SSSR count). The lowest BCUT2D eigenvalue weighted by Crippen LogP contribution is -2.29. The highest BCUT2D eigenvalue weighted by Gasteiger charge is 2.38. The largest absolute Gasteiger partial charge is 0.492 e. The summed E-state index contributed by atoms with van der Waals surface area (Å²) in [6.45, 7) is 1.51. The number of benzene rings is 1. The van der Waals surface area contributed by atoms with Crippen molar-refractivity contribution < 1.29 is 17.9 Å². The van der Waals surface area contributed by atoms with Crippen LogP contribution >= 0.6 is 15.9 Å². The van der Waals surface area contributed by atoms with E-state index >= 15 is 0 Å². The standard InChI is InChI=1S/C11H12BrF3O/c1-2-8-5-3-4-6-9(8)16-7-10(12)11(13,14)15/h3-6,10H,2,7H2,1H3. The lowest BCUT2D eigenvalue weighted by atomic mass is 10.1. The van der Waals surface area contributed by atoms with Crippen molar-refractivity contribution >= 4 is 15.9 Å². The highest BCUT2D eigenvalue weighted by Crippen LogP contribution is 2.27. The number of halogens is 4. The SMILES string of the molecule is CCc1ccccc1OCC(Br)C(F)(F)F. The van der Waals surface area contributed by atoms with Crippen LogP contribution in [0.5, 0.6) is 5.75 Å². The Hall–Kier alpha value is -0.710. The van der Waals surface area contributed by atoms with Gasteiger partial charge in [0.2, 0.25) is 0 Å². The summed E-state index contributed by atoms with van der Waals surface area (Å²) in [6, 6.07) is 7.09. The lowest BCUT2D eigenvalue weighted by Gasteiger charge is -2.16. The molecule has 0 saturated carbocycles. The Morgan fingerprint density at radius 3 is 2.50 bits per heavy atom. The molecule has 0 aliphatic carbocycles. The molecule has 0 radical (unpaired) electrons. The number of hydrogen-bond acceptors (Lipinski definition) is 1. The number of rotatable bonds is 4. The Morgan fingerprint density at radius 1 is 1.31 bits per heavy atom. The molecule has 1 unspecified atom stereocenters. The second-order valence-electron chi connectivity index (χ2n) is 3.28. The fraction of sp³-hybridized carbons (Fsp3) is 0.455. The summed E-state index contributed by atoms with van der Waals surface area (Å²) in [6.07, 6.45) is -3.55. The van der Waals surface area contributed by atoms with E-state index in [1.807, 2.05) is 19.1 Å². The number of alkyl halides is 4. The van der Waals surface area contributed by atoms with E-state index in [9.17, 15) is 13.2 Å². The molecular formula is C11H12BrF3O. The third-order valence-corrected chi connectivity index (χ3v) is 2.88. The molecule has 1 atom stereocenters. The quantitative estimate of drug-likeness (QED) is 0.765. The van der Waals surface area contributed by atoms with Crippen molar-refractivity contribution in [3.63, 3.8) is 0 Å². The van der Waals surface area contributed by atoms with Crippen LogP contribution in [0.1, 0.15) is 12.5 Å². The van der Waals surface area contributed by atoms with Crippen molar-refractivity contribution in [3.05, 3.63) is 29.8 Å². The Morgan fingerprint density at radius 2 is 1.94 bits per heavy atom. The first-order valence-corrected chi connectivity index (χ1v) is 5.78. The third kappa shape index (κ3) is 3.70. The van der Waals surface area contributed by atoms with Gasteiger partial charge in [0.05, 0.1) is 0 Å². The van der Waals surface area contributed by atoms with Gasteiger partial charge in [0.25, 0.3) is 0 Å². The highest BCUT2D eigenvalue weighted by atomic mass is 79.9. The van der Waals surface area contributed by atoms with Gasteiger partial charge < -0.3 is 4.74 Å². The molecule has 0 aliphatic rings. The molecule has 0 spiro atoms. The average Bonchev–Trinajstić information content (AvgIpc) is 2.24. The van der Waals surface area contributed by atoms with Gasteiger partial charge in [-0.2, -0.15) is 13.2 Å². The third-order valence-electron chi connectivity index (χ3n) is 2.09. The molecular weight excluding hydrogens is 285 g/mol. The second kappa shape index (κ2) is 5.57. The van der Waals surface area contributed by atoms with Crippen LogP contribution in [0.25, 0.3) is 0 Å². The van der Waals surface area contributed by atoms with Crippen molar-refractivity contribution in [1.29, 1.82) is 0 Å². The summed E-state index contributed by atoms with van der Waals surface area (Å²) in [5.74, 6) is 0.513. The van der Waals surface area contributed by atoms with E-state index in [4.69, 9.17) is 4.74 Å². The maximum absolute atomic E-state index is 12.2. The van der Waals surface area contributed by atoms with E-state index in [-0.39, 0.29) is 0 Å². The van der Waals surface area contributed by atoms with Crippen LogP contribution in [-0.4, -0.2) is 17.6 Å². The summed E-state index contributed by atoms with van der Waals surface area (Å²) in [5.41, 5.74) is 0.907. The number of hydrogen-bond donors (Lipinski definition) is 0. The molecule has 0 aromatic heterocycles. The molecule has 0 fully saturated rings. The number of aryl methyl sites for hydroxylation is 1. The van der Waals surface area contributed by atoms with Crippen LogP contribution in [-0.2, 0) is 6.42 Å². The summed E-state index contributed by atoms with van der Waals surface area (Å²) in [4.78, 5) is -1.63. The van der Waals surface area contributed by atoms with Crippen LogP contribution in [0.2, 0.25) is 0 Å². The monoisotopic (exact) mass is 296 g/mol. The maximum atomic E-state index is 12.2. The van der Waals surface area contributed by atoms with Crippen molar-refractivity contribution in [2.45, 2.75) is 24.3 Å². The van der Waals surface area contributed by atoms with Crippen LogP contribution in [0.15, 0.2) is 24.3 Å². The summed E-state index contributed by atoms with van der Waals surface area (Å²) >= 11 is 2.55. The van der Waals surface area contributed by atoms with Crippen molar-refractivity contribution in [2.75, 3.05) is 6.61 Å². The molecule has 0 aliphatic heterocycles.